The van der Waals surface area contributed by atoms with Gasteiger partial charge in [0.05, 0.1) is 18.3 Å². The fourth-order valence-electron chi connectivity index (χ4n) is 4.02. The van der Waals surface area contributed by atoms with E-state index in [9.17, 15) is 5.11 Å². The van der Waals surface area contributed by atoms with Crippen LogP contribution < -0.4 is 10.1 Å². The summed E-state index contributed by atoms with van der Waals surface area (Å²) in [5.74, 6) is 2.22. The number of fused-ring (bicyclic) bond motifs is 1. The van der Waals surface area contributed by atoms with Crippen molar-refractivity contribution in [1.82, 2.24) is 19.5 Å². The third-order valence-electron chi connectivity index (χ3n) is 5.91. The zero-order chi connectivity index (χ0) is 24.2. The molecule has 0 spiro atoms. The summed E-state index contributed by atoms with van der Waals surface area (Å²) in [6.45, 7) is 4.70. The first-order chi connectivity index (χ1) is 17.1. The third kappa shape index (κ3) is 5.15. The van der Waals surface area contributed by atoms with Crippen LogP contribution in [0.1, 0.15) is 17.7 Å². The van der Waals surface area contributed by atoms with Crippen LogP contribution in [0, 0.1) is 13.8 Å². The zero-order valence-corrected chi connectivity index (χ0v) is 19.8. The molecule has 5 rings (SSSR count). The molecule has 35 heavy (non-hydrogen) atoms. The number of hydrogen-bond acceptors (Lipinski definition) is 6. The second kappa shape index (κ2) is 9.95. The molecular formula is C28H27N5O2. The lowest BCUT2D eigenvalue weighted by atomic mass is 10.2. The van der Waals surface area contributed by atoms with Gasteiger partial charge in [-0.3, -0.25) is 4.98 Å². The Morgan fingerprint density at radius 1 is 1.00 bits per heavy atom. The maximum atomic E-state index is 9.41. The van der Waals surface area contributed by atoms with Gasteiger partial charge < -0.3 is 19.7 Å². The number of nitrogens with zero attached hydrogens (tertiary/aromatic N) is 4. The van der Waals surface area contributed by atoms with Crippen molar-refractivity contribution in [2.24, 2.45) is 0 Å². The van der Waals surface area contributed by atoms with Gasteiger partial charge >= 0.3 is 0 Å². The molecule has 0 bridgehead atoms. The Morgan fingerprint density at radius 2 is 1.86 bits per heavy atom. The highest BCUT2D eigenvalue weighted by atomic mass is 16.5. The van der Waals surface area contributed by atoms with E-state index in [-0.39, 0.29) is 6.61 Å². The van der Waals surface area contributed by atoms with Gasteiger partial charge in [-0.15, -0.1) is 0 Å². The molecule has 7 heteroatoms. The molecule has 0 radical (unpaired) electrons. The van der Waals surface area contributed by atoms with Gasteiger partial charge in [0.1, 0.15) is 23.3 Å². The van der Waals surface area contributed by atoms with Crippen LogP contribution >= 0.6 is 0 Å². The average molecular weight is 466 g/mol. The summed E-state index contributed by atoms with van der Waals surface area (Å²) in [5.41, 5.74) is 6.77. The van der Waals surface area contributed by atoms with Crippen LogP contribution in [-0.4, -0.2) is 31.2 Å². The number of nitrogens with one attached hydrogen (secondary N) is 1. The number of rotatable bonds is 7. The molecule has 1 aromatic carbocycles. The van der Waals surface area contributed by atoms with Crippen LogP contribution in [0.2, 0.25) is 0 Å². The second-order valence-electron chi connectivity index (χ2n) is 8.53. The molecule has 7 nitrogen and oxygen atoms in total. The first-order valence-corrected chi connectivity index (χ1v) is 11.5. The van der Waals surface area contributed by atoms with Crippen LogP contribution in [0.4, 0.5) is 11.5 Å². The van der Waals surface area contributed by atoms with E-state index in [1.165, 1.54) is 5.57 Å². The number of anilines is 2. The smallest absolute Gasteiger partial charge is 0.158 e. The fraction of sp³-hybridized carbons (Fsp3) is 0.179. The van der Waals surface area contributed by atoms with Crippen molar-refractivity contribution in [2.45, 2.75) is 26.8 Å². The quantitative estimate of drug-likeness (QED) is 0.360. The number of aryl methyl sites for hydroxylation is 2. The van der Waals surface area contributed by atoms with Crippen molar-refractivity contribution in [3.63, 3.8) is 0 Å². The van der Waals surface area contributed by atoms with Crippen molar-refractivity contribution in [2.75, 3.05) is 11.9 Å². The highest BCUT2D eigenvalue weighted by molar-refractivity contribution is 5.88. The zero-order valence-electron chi connectivity index (χ0n) is 19.8. The lowest BCUT2D eigenvalue weighted by Gasteiger charge is -2.13. The van der Waals surface area contributed by atoms with E-state index < -0.39 is 0 Å². The monoisotopic (exact) mass is 465 g/mol. The summed E-state index contributed by atoms with van der Waals surface area (Å²) in [5, 5.41) is 12.9. The number of pyridine rings is 1. The van der Waals surface area contributed by atoms with Crippen LogP contribution in [0.25, 0.3) is 11.0 Å². The maximum Gasteiger partial charge on any atom is 0.158 e. The van der Waals surface area contributed by atoms with E-state index in [2.05, 4.69) is 37.0 Å². The van der Waals surface area contributed by atoms with Gasteiger partial charge in [-0.05, 0) is 73.4 Å². The molecule has 4 aromatic rings. The van der Waals surface area contributed by atoms with Gasteiger partial charge in [-0.25, -0.2) is 9.97 Å². The van der Waals surface area contributed by atoms with Gasteiger partial charge in [0.25, 0.3) is 0 Å². The van der Waals surface area contributed by atoms with E-state index in [0.717, 1.165) is 51.5 Å². The molecule has 3 aromatic heterocycles. The van der Waals surface area contributed by atoms with E-state index >= 15 is 0 Å². The molecule has 3 heterocycles. The summed E-state index contributed by atoms with van der Waals surface area (Å²) < 4.78 is 8.15. The Hall–Kier alpha value is -4.23. The van der Waals surface area contributed by atoms with Crippen molar-refractivity contribution in [3.8, 4) is 11.5 Å². The van der Waals surface area contributed by atoms with Crippen LogP contribution in [0.5, 0.6) is 11.5 Å². The van der Waals surface area contributed by atoms with Crippen LogP contribution in [0.3, 0.4) is 0 Å². The molecular weight excluding hydrogens is 438 g/mol. The van der Waals surface area contributed by atoms with Crippen molar-refractivity contribution in [3.05, 3.63) is 102 Å². The van der Waals surface area contributed by atoms with Crippen LogP contribution in [0.15, 0.2) is 90.6 Å². The molecule has 2 N–H and O–H groups in total. The molecule has 1 aliphatic carbocycles. The molecule has 0 saturated heterocycles. The number of ether oxygens (including phenoxy) is 1. The van der Waals surface area contributed by atoms with Crippen molar-refractivity contribution < 1.29 is 9.84 Å². The predicted molar refractivity (Wildman–Crippen MR) is 138 cm³/mol. The second-order valence-corrected chi connectivity index (χ2v) is 8.53. The minimum atomic E-state index is 0.0527. The molecule has 0 unspecified atom stereocenters. The third-order valence-corrected chi connectivity index (χ3v) is 5.91. The Labute approximate surface area is 204 Å². The average Bonchev–Trinajstić information content (AvgIpc) is 3.13. The summed E-state index contributed by atoms with van der Waals surface area (Å²) in [4.78, 5) is 13.3. The van der Waals surface area contributed by atoms with Gasteiger partial charge in [-0.2, -0.15) is 0 Å². The Morgan fingerprint density at radius 3 is 2.66 bits per heavy atom. The summed E-state index contributed by atoms with van der Waals surface area (Å²) >= 11 is 0. The normalized spacial score (nSPS) is 13.3. The first-order valence-electron chi connectivity index (χ1n) is 11.5. The highest BCUT2D eigenvalue weighted by Crippen LogP contribution is 2.30. The minimum Gasteiger partial charge on any atom is -0.455 e. The van der Waals surface area contributed by atoms with E-state index in [0.29, 0.717) is 12.3 Å². The fourth-order valence-corrected chi connectivity index (χ4v) is 4.02. The SMILES string of the molecule is Cc1ccc(Oc2ccc(Nc3ncnc4ccn(CC5=CCC=C(CO)C=C5)c34)cc2C)cn1. The highest BCUT2D eigenvalue weighted by Gasteiger charge is 2.12. The van der Waals surface area contributed by atoms with Gasteiger partial charge in [0.15, 0.2) is 5.82 Å². The minimum absolute atomic E-state index is 0.0527. The largest absolute Gasteiger partial charge is 0.455 e. The molecule has 1 aliphatic rings. The van der Waals surface area contributed by atoms with Gasteiger partial charge in [0.2, 0.25) is 0 Å². The molecule has 176 valence electrons. The number of aromatic nitrogens is 4. The summed E-state index contributed by atoms with van der Waals surface area (Å²) in [6.07, 6.45) is 14.4. The number of aliphatic hydroxyl groups is 1. The molecule has 0 amide bonds. The predicted octanol–water partition coefficient (Wildman–Crippen LogP) is 5.78. The summed E-state index contributed by atoms with van der Waals surface area (Å²) in [6, 6.07) is 11.8. The first kappa shape index (κ1) is 22.6. The lowest BCUT2D eigenvalue weighted by molar-refractivity contribution is 0.334. The number of allylic oxidation sites excluding steroid dienone is 4. The molecule has 0 saturated carbocycles. The van der Waals surface area contributed by atoms with Crippen molar-refractivity contribution >= 4 is 22.5 Å². The number of benzene rings is 1. The van der Waals surface area contributed by atoms with E-state index in [1.807, 2.05) is 68.6 Å². The van der Waals surface area contributed by atoms with Gasteiger partial charge in [-0.1, -0.05) is 24.3 Å². The van der Waals surface area contributed by atoms with E-state index in [1.54, 1.807) is 12.5 Å². The summed E-state index contributed by atoms with van der Waals surface area (Å²) in [7, 11) is 0. The Balaban J connectivity index is 1.38. The molecule has 0 aliphatic heterocycles. The standard InChI is InChI=1S/C28H27N5O2/c1-19-14-23(9-11-26(19)35-24-10-6-20(2)29-15-24)32-28-27-25(30-18-31-28)12-13-33(27)16-21-4-3-5-22(17-34)8-7-21/h4-15,18,34H,3,16-17H2,1-2H3,(H,30,31,32). The lowest BCUT2D eigenvalue weighted by Crippen LogP contribution is -2.03. The Kier molecular flexibility index (Phi) is 6.41. The van der Waals surface area contributed by atoms with E-state index in [4.69, 9.17) is 4.74 Å². The Bertz CT molecular complexity index is 1450. The van der Waals surface area contributed by atoms with Crippen molar-refractivity contribution in [1.29, 1.82) is 0 Å². The topological polar surface area (TPSA) is 85.1 Å². The maximum absolute atomic E-state index is 9.41. The van der Waals surface area contributed by atoms with Gasteiger partial charge in [0, 0.05) is 24.1 Å². The molecule has 0 fully saturated rings. The molecule has 0 atom stereocenters. The number of hydrogen-bond donors (Lipinski definition) is 2. The number of aliphatic hydroxyl groups excluding tert-OH is 1. The van der Waals surface area contributed by atoms with Crippen LogP contribution in [-0.2, 0) is 6.54 Å².